The van der Waals surface area contributed by atoms with Crippen LogP contribution in [-0.4, -0.2) is 48.8 Å². The van der Waals surface area contributed by atoms with Crippen molar-refractivity contribution in [2.24, 2.45) is 5.73 Å². The molecule has 2 aromatic rings. The molecular weight excluding hydrogens is 434 g/mol. The first kappa shape index (κ1) is 25.1. The quantitative estimate of drug-likeness (QED) is 0.515. The molecule has 0 radical (unpaired) electrons. The summed E-state index contributed by atoms with van der Waals surface area (Å²) in [5.41, 5.74) is 7.89. The van der Waals surface area contributed by atoms with E-state index in [4.69, 9.17) is 25.4 Å². The van der Waals surface area contributed by atoms with Gasteiger partial charge >= 0.3 is 0 Å². The molecule has 182 valence electrons. The Kier molecular flexibility index (Phi) is 7.49. The standard InChI is InChI=1S/C26H33N3O5/c1-6-32-22-11-17-13-29(25(28)18(17)12-23(22)33-7-2)14-20(30)16-8-9-21(34-15-24(27)31)19(10-16)26(3,4)5/h8-12,28H,6-7,13-15H2,1-5H3,(H2,27,31). The SMILES string of the molecule is CCOc1cc2c(cc1OCC)C(=N)N(CC(=O)c1ccc(OCC(N)=O)c(C(C)(C)C)c1)C2. The van der Waals surface area contributed by atoms with E-state index >= 15 is 0 Å². The summed E-state index contributed by atoms with van der Waals surface area (Å²) >= 11 is 0. The zero-order chi connectivity index (χ0) is 25.0. The average Bonchev–Trinajstić information content (AvgIpc) is 3.06. The number of nitrogens with zero attached hydrogens (tertiary/aromatic N) is 1. The summed E-state index contributed by atoms with van der Waals surface area (Å²) in [4.78, 5) is 26.1. The number of Topliss-reactive ketones (excluding diaryl/α,β-unsaturated/α-hetero) is 1. The third-order valence-electron chi connectivity index (χ3n) is 5.52. The van der Waals surface area contributed by atoms with Crippen LogP contribution in [-0.2, 0) is 16.8 Å². The second kappa shape index (κ2) is 10.2. The van der Waals surface area contributed by atoms with Crippen LogP contribution in [0.2, 0.25) is 0 Å². The van der Waals surface area contributed by atoms with Crippen LogP contribution in [0.1, 0.15) is 61.7 Å². The van der Waals surface area contributed by atoms with Crippen molar-refractivity contribution in [2.75, 3.05) is 26.4 Å². The smallest absolute Gasteiger partial charge is 0.255 e. The van der Waals surface area contributed by atoms with E-state index in [1.54, 1.807) is 23.1 Å². The van der Waals surface area contributed by atoms with Gasteiger partial charge in [0.05, 0.1) is 19.8 Å². The van der Waals surface area contributed by atoms with Crippen LogP contribution in [0.15, 0.2) is 30.3 Å². The van der Waals surface area contributed by atoms with Gasteiger partial charge in [0, 0.05) is 23.2 Å². The predicted molar refractivity (Wildman–Crippen MR) is 130 cm³/mol. The lowest BCUT2D eigenvalue weighted by Crippen LogP contribution is -2.30. The van der Waals surface area contributed by atoms with Gasteiger partial charge in [-0.3, -0.25) is 15.0 Å². The van der Waals surface area contributed by atoms with Gasteiger partial charge in [0.15, 0.2) is 23.9 Å². The maximum Gasteiger partial charge on any atom is 0.255 e. The number of hydrogen-bond acceptors (Lipinski definition) is 6. The second-order valence-electron chi connectivity index (χ2n) is 9.17. The normalized spacial score (nSPS) is 13.0. The van der Waals surface area contributed by atoms with E-state index in [0.29, 0.717) is 42.6 Å². The molecule has 0 aliphatic carbocycles. The van der Waals surface area contributed by atoms with Crippen molar-refractivity contribution in [2.45, 2.75) is 46.6 Å². The van der Waals surface area contributed by atoms with Crippen LogP contribution >= 0.6 is 0 Å². The molecule has 0 fully saturated rings. The number of carbonyl (C=O) groups is 2. The Morgan fingerprint density at radius 3 is 2.24 bits per heavy atom. The minimum Gasteiger partial charge on any atom is -0.490 e. The van der Waals surface area contributed by atoms with Gasteiger partial charge in [-0.05, 0) is 55.2 Å². The summed E-state index contributed by atoms with van der Waals surface area (Å²) in [5, 5.41) is 8.63. The number of amides is 1. The molecule has 0 saturated carbocycles. The Bertz CT molecular complexity index is 1100. The summed E-state index contributed by atoms with van der Waals surface area (Å²) in [6.45, 7) is 11.1. The molecule has 0 bridgehead atoms. The monoisotopic (exact) mass is 467 g/mol. The molecule has 1 heterocycles. The Morgan fingerprint density at radius 1 is 1.00 bits per heavy atom. The van der Waals surface area contributed by atoms with Gasteiger partial charge in [-0.2, -0.15) is 0 Å². The second-order valence-corrected chi connectivity index (χ2v) is 9.17. The van der Waals surface area contributed by atoms with E-state index in [9.17, 15) is 9.59 Å². The molecule has 34 heavy (non-hydrogen) atoms. The van der Waals surface area contributed by atoms with E-state index in [1.165, 1.54) is 0 Å². The number of amidine groups is 1. The van der Waals surface area contributed by atoms with Crippen molar-refractivity contribution in [3.8, 4) is 17.2 Å². The maximum atomic E-state index is 13.2. The van der Waals surface area contributed by atoms with Gasteiger partial charge in [-0.15, -0.1) is 0 Å². The number of primary amides is 1. The summed E-state index contributed by atoms with van der Waals surface area (Å²) in [6.07, 6.45) is 0. The molecule has 0 aromatic heterocycles. The number of fused-ring (bicyclic) bond motifs is 1. The number of benzene rings is 2. The lowest BCUT2D eigenvalue weighted by atomic mass is 9.85. The number of nitrogens with two attached hydrogens (primary N) is 1. The van der Waals surface area contributed by atoms with E-state index in [1.807, 2.05) is 46.8 Å². The van der Waals surface area contributed by atoms with E-state index < -0.39 is 5.91 Å². The lowest BCUT2D eigenvalue weighted by molar-refractivity contribution is -0.119. The van der Waals surface area contributed by atoms with Crippen LogP contribution < -0.4 is 19.9 Å². The maximum absolute atomic E-state index is 13.2. The first-order valence-electron chi connectivity index (χ1n) is 11.4. The minimum absolute atomic E-state index is 0.0620. The number of rotatable bonds is 10. The third-order valence-corrected chi connectivity index (χ3v) is 5.52. The van der Waals surface area contributed by atoms with Crippen LogP contribution in [0.25, 0.3) is 0 Å². The third kappa shape index (κ3) is 5.50. The fourth-order valence-corrected chi connectivity index (χ4v) is 3.91. The van der Waals surface area contributed by atoms with Gasteiger partial charge in [0.1, 0.15) is 11.6 Å². The molecule has 0 atom stereocenters. The largest absolute Gasteiger partial charge is 0.490 e. The molecule has 3 N–H and O–H groups in total. The van der Waals surface area contributed by atoms with Crippen molar-refractivity contribution in [3.63, 3.8) is 0 Å². The molecule has 8 nitrogen and oxygen atoms in total. The first-order chi connectivity index (χ1) is 16.0. The van der Waals surface area contributed by atoms with Crippen molar-refractivity contribution in [1.82, 2.24) is 4.90 Å². The van der Waals surface area contributed by atoms with Crippen molar-refractivity contribution >= 4 is 17.5 Å². The molecule has 8 heteroatoms. The summed E-state index contributed by atoms with van der Waals surface area (Å²) in [6, 6.07) is 8.89. The van der Waals surface area contributed by atoms with Crippen molar-refractivity contribution < 1.29 is 23.8 Å². The van der Waals surface area contributed by atoms with Crippen LogP contribution in [0, 0.1) is 5.41 Å². The van der Waals surface area contributed by atoms with Crippen LogP contribution in [0.4, 0.5) is 0 Å². The molecule has 2 aromatic carbocycles. The molecule has 3 rings (SSSR count). The highest BCUT2D eigenvalue weighted by Crippen LogP contribution is 2.36. The van der Waals surface area contributed by atoms with Gasteiger partial charge in [0.25, 0.3) is 5.91 Å². The molecular formula is C26H33N3O5. The Hall–Kier alpha value is -3.55. The van der Waals surface area contributed by atoms with Crippen LogP contribution in [0.3, 0.4) is 0 Å². The number of carbonyl (C=O) groups excluding carboxylic acids is 2. The van der Waals surface area contributed by atoms with E-state index in [0.717, 1.165) is 16.7 Å². The Labute approximate surface area is 200 Å². The highest BCUT2D eigenvalue weighted by atomic mass is 16.5. The zero-order valence-corrected chi connectivity index (χ0v) is 20.5. The molecule has 1 aliphatic heterocycles. The van der Waals surface area contributed by atoms with Gasteiger partial charge in [-0.25, -0.2) is 0 Å². The molecule has 0 saturated heterocycles. The topological polar surface area (TPSA) is 115 Å². The molecule has 1 aliphatic rings. The first-order valence-corrected chi connectivity index (χ1v) is 11.4. The number of ketones is 1. The van der Waals surface area contributed by atoms with Gasteiger partial charge < -0.3 is 24.8 Å². The molecule has 1 amide bonds. The summed E-state index contributed by atoms with van der Waals surface area (Å²) < 4.78 is 17.0. The fraction of sp³-hybridized carbons (Fsp3) is 0.423. The fourth-order valence-electron chi connectivity index (χ4n) is 3.91. The number of hydrogen-bond donors (Lipinski definition) is 2. The molecule has 0 spiro atoms. The highest BCUT2D eigenvalue weighted by molar-refractivity contribution is 6.05. The predicted octanol–water partition coefficient (Wildman–Crippen LogP) is 3.67. The summed E-state index contributed by atoms with van der Waals surface area (Å²) in [7, 11) is 0. The zero-order valence-electron chi connectivity index (χ0n) is 20.5. The number of ether oxygens (including phenoxy) is 3. The van der Waals surface area contributed by atoms with Crippen molar-refractivity contribution in [1.29, 1.82) is 5.41 Å². The van der Waals surface area contributed by atoms with Gasteiger partial charge in [0.2, 0.25) is 0 Å². The summed E-state index contributed by atoms with van der Waals surface area (Å²) in [5.74, 6) is 1.38. The Balaban J connectivity index is 1.82. The van der Waals surface area contributed by atoms with E-state index in [-0.39, 0.29) is 30.2 Å². The van der Waals surface area contributed by atoms with Crippen LogP contribution in [0.5, 0.6) is 17.2 Å². The minimum atomic E-state index is -0.563. The number of nitrogens with one attached hydrogen (secondary N) is 1. The Morgan fingerprint density at radius 2 is 1.65 bits per heavy atom. The van der Waals surface area contributed by atoms with Crippen molar-refractivity contribution in [3.05, 3.63) is 52.6 Å². The molecule has 0 unspecified atom stereocenters. The highest BCUT2D eigenvalue weighted by Gasteiger charge is 2.29. The lowest BCUT2D eigenvalue weighted by Gasteiger charge is -2.24. The van der Waals surface area contributed by atoms with E-state index in [2.05, 4.69) is 0 Å². The average molecular weight is 468 g/mol. The van der Waals surface area contributed by atoms with Gasteiger partial charge in [-0.1, -0.05) is 20.8 Å².